The maximum Gasteiger partial charge on any atom is -1.00 e. The Kier molecular flexibility index (Phi) is 11.7. The predicted molar refractivity (Wildman–Crippen MR) is 176 cm³/mol. The van der Waals surface area contributed by atoms with Crippen LogP contribution in [0, 0.1) is 0 Å². The summed E-state index contributed by atoms with van der Waals surface area (Å²) in [5, 5.41) is 0.463. The number of benzene rings is 2. The van der Waals surface area contributed by atoms with Gasteiger partial charge in [-0.2, -0.15) is 0 Å². The fraction of sp³-hybridized carbons (Fsp3) is 0.556. The number of rotatable bonds is 10. The molecule has 0 aromatic heterocycles. The van der Waals surface area contributed by atoms with E-state index < -0.39 is 39.5 Å². The molecule has 0 amide bonds. The van der Waals surface area contributed by atoms with Crippen molar-refractivity contribution in [2.75, 3.05) is 0 Å². The molecule has 0 N–H and O–H groups in total. The third kappa shape index (κ3) is 6.64. The molecule has 5 rings (SSSR count). The maximum absolute atomic E-state index is 7.35. The van der Waals surface area contributed by atoms with Crippen LogP contribution in [-0.4, -0.2) is 16.6 Å². The number of hydrogen-bond acceptors (Lipinski definition) is 2. The van der Waals surface area contributed by atoms with Gasteiger partial charge in [-0.25, -0.2) is 0 Å². The van der Waals surface area contributed by atoms with E-state index in [4.69, 9.17) is 8.85 Å². The number of halogens is 2. The van der Waals surface area contributed by atoms with E-state index in [2.05, 4.69) is 116 Å². The second kappa shape index (κ2) is 13.6. The van der Waals surface area contributed by atoms with Gasteiger partial charge in [0.05, 0.1) is 0 Å². The van der Waals surface area contributed by atoms with Gasteiger partial charge in [0.1, 0.15) is 0 Å². The van der Waals surface area contributed by atoms with Crippen LogP contribution in [0.1, 0.15) is 110 Å². The van der Waals surface area contributed by atoms with Crippen LogP contribution in [0.2, 0.25) is 36.3 Å². The van der Waals surface area contributed by atoms with E-state index in [-0.39, 0.29) is 34.9 Å². The van der Waals surface area contributed by atoms with Crippen LogP contribution in [0.5, 0.6) is 0 Å². The van der Waals surface area contributed by atoms with Crippen molar-refractivity contribution in [3.63, 3.8) is 0 Å². The van der Waals surface area contributed by atoms with Crippen LogP contribution in [0.3, 0.4) is 0 Å². The van der Waals surface area contributed by atoms with Gasteiger partial charge in [0.25, 0.3) is 0 Å². The molecule has 2 aromatic rings. The summed E-state index contributed by atoms with van der Waals surface area (Å²) in [5.74, 6) is 2.54. The zero-order chi connectivity index (χ0) is 29.8. The SMILES string of the molecule is CCCC(C)(C)[Si](C)(C)OC1=C2CCC3=C(O[Si](C)(C)C(C)(C)CCC)c4ccccc4[C@H]3[Hf+2][C@H]2c2ccccc21.[Cl-].[Cl-]. The smallest absolute Gasteiger partial charge is 1.00 e. The summed E-state index contributed by atoms with van der Waals surface area (Å²) in [6.45, 7) is 24.2. The number of fused-ring (bicyclic) bond motifs is 6. The molecule has 43 heavy (non-hydrogen) atoms. The van der Waals surface area contributed by atoms with Gasteiger partial charge in [0.15, 0.2) is 0 Å². The average molecular weight is 822 g/mol. The molecule has 2 nitrogen and oxygen atoms in total. The van der Waals surface area contributed by atoms with E-state index >= 15 is 0 Å². The number of allylic oxidation sites excluding steroid dienone is 2. The largest absolute Gasteiger partial charge is 1.00 e. The van der Waals surface area contributed by atoms with Gasteiger partial charge < -0.3 is 24.8 Å². The molecular weight excluding hydrogens is 770 g/mol. The van der Waals surface area contributed by atoms with Crippen molar-refractivity contribution in [2.24, 2.45) is 0 Å². The van der Waals surface area contributed by atoms with E-state index in [0.29, 0.717) is 7.35 Å². The van der Waals surface area contributed by atoms with Crippen LogP contribution in [0.15, 0.2) is 59.7 Å². The van der Waals surface area contributed by atoms with Gasteiger partial charge in [0, 0.05) is 0 Å². The monoisotopic (exact) mass is 822 g/mol. The Morgan fingerprint density at radius 1 is 0.651 bits per heavy atom. The average Bonchev–Trinajstić information content (AvgIpc) is 3.24. The molecule has 7 heteroatoms. The van der Waals surface area contributed by atoms with Crippen molar-refractivity contribution >= 4 is 28.2 Å². The van der Waals surface area contributed by atoms with Gasteiger partial charge in [-0.15, -0.1) is 0 Å². The van der Waals surface area contributed by atoms with E-state index in [1.807, 2.05) is 0 Å². The summed E-state index contributed by atoms with van der Waals surface area (Å²) in [6, 6.07) is 18.5. The Bertz CT molecular complexity index is 1280. The molecule has 0 unspecified atom stereocenters. The van der Waals surface area contributed by atoms with Crippen molar-refractivity contribution in [3.8, 4) is 0 Å². The minimum atomic E-state index is -2.01. The number of hydrogen-bond donors (Lipinski definition) is 0. The quantitative estimate of drug-likeness (QED) is 0.299. The first-order valence-electron chi connectivity index (χ1n) is 16.0. The van der Waals surface area contributed by atoms with Crippen LogP contribution in [0.4, 0.5) is 0 Å². The summed E-state index contributed by atoms with van der Waals surface area (Å²) in [6.07, 6.45) is 7.07. The molecule has 0 bridgehead atoms. The van der Waals surface area contributed by atoms with E-state index in [9.17, 15) is 0 Å². The van der Waals surface area contributed by atoms with Crippen LogP contribution in [0.25, 0.3) is 11.5 Å². The van der Waals surface area contributed by atoms with E-state index in [1.165, 1.54) is 48.3 Å². The fourth-order valence-electron chi connectivity index (χ4n) is 7.11. The first-order valence-corrected chi connectivity index (χ1v) is 26.0. The summed E-state index contributed by atoms with van der Waals surface area (Å²) in [7, 11) is -4.01. The molecule has 1 saturated heterocycles. The molecule has 0 spiro atoms. The first kappa shape index (κ1) is 36.9. The summed E-state index contributed by atoms with van der Waals surface area (Å²) in [5.41, 5.74) is 9.18. The van der Waals surface area contributed by atoms with Crippen molar-refractivity contribution in [1.82, 2.24) is 0 Å². The third-order valence-corrected chi connectivity index (χ3v) is 26.6. The minimum Gasteiger partial charge on any atom is -1.00 e. The molecule has 1 fully saturated rings. The second-order valence-corrected chi connectivity index (χ2v) is 29.4. The van der Waals surface area contributed by atoms with E-state index in [1.54, 1.807) is 22.3 Å². The predicted octanol–water partition coefficient (Wildman–Crippen LogP) is 5.41. The molecule has 0 saturated carbocycles. The van der Waals surface area contributed by atoms with Crippen molar-refractivity contribution in [3.05, 3.63) is 81.9 Å². The molecule has 2 atom stereocenters. The zero-order valence-corrected chi connectivity index (χ0v) is 35.2. The first-order chi connectivity index (χ1) is 19.2. The van der Waals surface area contributed by atoms with Crippen molar-refractivity contribution in [1.29, 1.82) is 0 Å². The maximum atomic E-state index is 7.35. The Labute approximate surface area is 288 Å². The molecule has 3 aliphatic rings. The van der Waals surface area contributed by atoms with Crippen LogP contribution < -0.4 is 24.8 Å². The molecule has 2 aliphatic carbocycles. The molecule has 1 aliphatic heterocycles. The van der Waals surface area contributed by atoms with Gasteiger partial charge in [-0.05, 0) is 0 Å². The Morgan fingerprint density at radius 3 is 1.35 bits per heavy atom. The fourth-order valence-corrected chi connectivity index (χ4v) is 18.6. The molecule has 2 aromatic carbocycles. The molecule has 1 heterocycles. The van der Waals surface area contributed by atoms with E-state index in [0.717, 1.165) is 12.8 Å². The molecular formula is C36H52Cl2HfO2Si2. The zero-order valence-electron chi connectivity index (χ0n) is 28.1. The topological polar surface area (TPSA) is 18.5 Å². The summed E-state index contributed by atoms with van der Waals surface area (Å²) in [4.78, 5) is 0. The molecule has 234 valence electrons. The standard InChI is InChI=1S/C36H52O2Si2.2ClH.Hf/c1-11-23-35(3,4)39(7,8)37-33-29(25-27-17-13-15-19-31(27)33)21-22-30-26-28-18-14-16-20-32(28)34(30)38-40(9,10)36(5,6)24-12-2;;;/h13-20,25-26H,11-12,21-24H2,1-10H3;2*1H;/q;;;+2/p-2. The Balaban J connectivity index is 0.00000253. The van der Waals surface area contributed by atoms with Gasteiger partial charge in [-0.1, -0.05) is 0 Å². The summed E-state index contributed by atoms with van der Waals surface area (Å²) < 4.78 is 15.9. The van der Waals surface area contributed by atoms with Crippen molar-refractivity contribution in [2.45, 2.75) is 124 Å². The van der Waals surface area contributed by atoms with Gasteiger partial charge >= 0.3 is 266 Å². The van der Waals surface area contributed by atoms with Gasteiger partial charge in [-0.3, -0.25) is 0 Å². The molecule has 0 radical (unpaired) electrons. The third-order valence-electron chi connectivity index (χ3n) is 11.0. The second-order valence-electron chi connectivity index (χ2n) is 14.9. The Morgan fingerprint density at radius 2 is 1.00 bits per heavy atom. The van der Waals surface area contributed by atoms with Crippen LogP contribution >= 0.6 is 0 Å². The normalized spacial score (nSPS) is 19.5. The Hall–Kier alpha value is -0.596. The van der Waals surface area contributed by atoms with Crippen molar-refractivity contribution < 1.29 is 56.6 Å². The van der Waals surface area contributed by atoms with Gasteiger partial charge in [0.2, 0.25) is 0 Å². The minimum absolute atomic E-state index is 0. The summed E-state index contributed by atoms with van der Waals surface area (Å²) >= 11 is -1.27. The van der Waals surface area contributed by atoms with Crippen LogP contribution in [-0.2, 0) is 31.8 Å².